The lowest BCUT2D eigenvalue weighted by Crippen LogP contribution is -2.21. The van der Waals surface area contributed by atoms with Gasteiger partial charge in [-0.15, -0.1) is 0 Å². The molecule has 0 unspecified atom stereocenters. The van der Waals surface area contributed by atoms with Crippen LogP contribution in [0, 0.1) is 10.5 Å². The molecule has 2 rings (SSSR count). The molecule has 98 valence electrons. The van der Waals surface area contributed by atoms with E-state index in [1.165, 1.54) is 6.92 Å². The number of aromatic amines is 1. The van der Waals surface area contributed by atoms with E-state index in [1.807, 2.05) is 0 Å². The minimum atomic E-state index is -1.29. The van der Waals surface area contributed by atoms with Crippen molar-refractivity contribution in [2.45, 2.75) is 6.92 Å². The van der Waals surface area contributed by atoms with E-state index in [2.05, 4.69) is 32.6 Å². The molecule has 1 aromatic heterocycles. The maximum atomic E-state index is 11.7. The number of carboxylic acid groups (broad SMARTS) is 1. The van der Waals surface area contributed by atoms with E-state index in [0.717, 1.165) is 3.57 Å². The van der Waals surface area contributed by atoms with Crippen LogP contribution in [0.15, 0.2) is 23.0 Å². The first-order valence-corrected chi connectivity index (χ1v) is 6.65. The molecule has 19 heavy (non-hydrogen) atoms. The smallest absolute Gasteiger partial charge is 0.343 e. The molecule has 0 radical (unpaired) electrons. The first kappa shape index (κ1) is 14.0. The van der Waals surface area contributed by atoms with Gasteiger partial charge in [0.25, 0.3) is 5.56 Å². The van der Waals surface area contributed by atoms with Crippen molar-refractivity contribution >= 4 is 40.2 Å². The van der Waals surface area contributed by atoms with Crippen LogP contribution in [0.25, 0.3) is 11.4 Å². The minimum Gasteiger partial charge on any atom is -0.477 e. The monoisotopic (exact) mass is 390 g/mol. The average molecular weight is 391 g/mol. The summed E-state index contributed by atoms with van der Waals surface area (Å²) in [5.41, 5.74) is -0.228. The van der Waals surface area contributed by atoms with Crippen LogP contribution in [0.3, 0.4) is 0 Å². The Bertz CT molecular complexity index is 727. The highest BCUT2D eigenvalue weighted by Gasteiger charge is 2.15. The van der Waals surface area contributed by atoms with E-state index < -0.39 is 11.5 Å². The van der Waals surface area contributed by atoms with Gasteiger partial charge in [-0.2, -0.15) is 0 Å². The van der Waals surface area contributed by atoms with Gasteiger partial charge in [0.2, 0.25) is 0 Å². The van der Waals surface area contributed by atoms with Crippen LogP contribution in [-0.2, 0) is 0 Å². The summed E-state index contributed by atoms with van der Waals surface area (Å²) in [5, 5.41) is 9.45. The number of carbonyl (C=O) groups is 1. The Morgan fingerprint density at radius 1 is 1.47 bits per heavy atom. The Morgan fingerprint density at radius 2 is 2.16 bits per heavy atom. The van der Waals surface area contributed by atoms with Crippen molar-refractivity contribution in [1.82, 2.24) is 9.97 Å². The Hall–Kier alpha value is -1.41. The van der Waals surface area contributed by atoms with Gasteiger partial charge in [-0.25, -0.2) is 9.78 Å². The highest BCUT2D eigenvalue weighted by molar-refractivity contribution is 14.1. The number of hydrogen-bond acceptors (Lipinski definition) is 3. The van der Waals surface area contributed by atoms with Crippen molar-refractivity contribution in [3.63, 3.8) is 0 Å². The Morgan fingerprint density at radius 3 is 2.68 bits per heavy atom. The Labute approximate surface area is 126 Å². The molecule has 0 bridgehead atoms. The van der Waals surface area contributed by atoms with Crippen molar-refractivity contribution in [2.24, 2.45) is 0 Å². The minimum absolute atomic E-state index is 0.168. The second kappa shape index (κ2) is 5.30. The van der Waals surface area contributed by atoms with E-state index in [-0.39, 0.29) is 11.3 Å². The summed E-state index contributed by atoms with van der Waals surface area (Å²) in [6, 6.07) is 5.21. The van der Waals surface area contributed by atoms with Crippen LogP contribution in [0.4, 0.5) is 0 Å². The summed E-state index contributed by atoms with van der Waals surface area (Å²) < 4.78 is 0.879. The highest BCUT2D eigenvalue weighted by Crippen LogP contribution is 2.24. The number of nitrogens with one attached hydrogen (secondary N) is 1. The van der Waals surface area contributed by atoms with Crippen LogP contribution in [0.1, 0.15) is 16.1 Å². The Balaban J connectivity index is 2.61. The van der Waals surface area contributed by atoms with E-state index in [9.17, 15) is 9.59 Å². The first-order valence-electron chi connectivity index (χ1n) is 5.20. The summed E-state index contributed by atoms with van der Waals surface area (Å²) in [6.07, 6.45) is 0. The van der Waals surface area contributed by atoms with Gasteiger partial charge in [0.1, 0.15) is 11.4 Å². The molecule has 7 heteroatoms. The standard InChI is InChI=1S/C12H8ClIN2O3/c1-5-9(12(18)19)11(17)16-10(15-5)6-2-3-8(14)7(13)4-6/h2-4H,1H3,(H,18,19)(H,15,16,17). The summed E-state index contributed by atoms with van der Waals surface area (Å²) in [4.78, 5) is 29.2. The number of aryl methyl sites for hydroxylation is 1. The first-order chi connectivity index (χ1) is 8.90. The number of halogens is 2. The molecule has 0 fully saturated rings. The molecular formula is C12H8ClIN2O3. The van der Waals surface area contributed by atoms with Crippen LogP contribution in [-0.4, -0.2) is 21.0 Å². The number of aromatic carboxylic acids is 1. The average Bonchev–Trinajstić information content (AvgIpc) is 2.31. The van der Waals surface area contributed by atoms with E-state index in [0.29, 0.717) is 16.4 Å². The topological polar surface area (TPSA) is 83.0 Å². The van der Waals surface area contributed by atoms with Gasteiger partial charge in [0.05, 0.1) is 10.7 Å². The lowest BCUT2D eigenvalue weighted by atomic mass is 10.2. The predicted molar refractivity (Wildman–Crippen MR) is 79.7 cm³/mol. The molecule has 0 saturated heterocycles. The van der Waals surface area contributed by atoms with Crippen molar-refractivity contribution in [2.75, 3.05) is 0 Å². The summed E-state index contributed by atoms with van der Waals surface area (Å²) >= 11 is 8.09. The van der Waals surface area contributed by atoms with Gasteiger partial charge in [0.15, 0.2) is 0 Å². The van der Waals surface area contributed by atoms with Crippen molar-refractivity contribution < 1.29 is 9.90 Å². The number of H-pyrrole nitrogens is 1. The molecule has 0 aliphatic rings. The molecule has 0 amide bonds. The third kappa shape index (κ3) is 2.79. The normalized spacial score (nSPS) is 10.5. The summed E-state index contributed by atoms with van der Waals surface area (Å²) in [7, 11) is 0. The van der Waals surface area contributed by atoms with Gasteiger partial charge >= 0.3 is 5.97 Å². The zero-order chi connectivity index (χ0) is 14.2. The summed E-state index contributed by atoms with van der Waals surface area (Å²) in [5.74, 6) is -0.996. The molecule has 5 nitrogen and oxygen atoms in total. The van der Waals surface area contributed by atoms with Gasteiger partial charge in [-0.3, -0.25) is 4.79 Å². The molecule has 0 saturated carbocycles. The molecule has 0 atom stereocenters. The molecule has 0 aliphatic carbocycles. The number of carboxylic acids is 1. The van der Waals surface area contributed by atoms with Crippen molar-refractivity contribution in [1.29, 1.82) is 0 Å². The van der Waals surface area contributed by atoms with Gasteiger partial charge in [-0.05, 0) is 41.6 Å². The number of rotatable bonds is 2. The van der Waals surface area contributed by atoms with E-state index in [4.69, 9.17) is 16.7 Å². The third-order valence-corrected chi connectivity index (χ3v) is 4.08. The summed E-state index contributed by atoms with van der Waals surface area (Å²) in [6.45, 7) is 1.48. The highest BCUT2D eigenvalue weighted by atomic mass is 127. The van der Waals surface area contributed by atoms with Crippen molar-refractivity contribution in [3.8, 4) is 11.4 Å². The molecule has 0 spiro atoms. The van der Waals surface area contributed by atoms with Crippen LogP contribution >= 0.6 is 34.2 Å². The second-order valence-corrected chi connectivity index (χ2v) is 5.38. The van der Waals surface area contributed by atoms with Crippen molar-refractivity contribution in [3.05, 3.63) is 48.4 Å². The number of aromatic nitrogens is 2. The predicted octanol–water partition coefficient (Wildman–Crippen LogP) is 2.70. The Kier molecular flexibility index (Phi) is 3.91. The SMILES string of the molecule is Cc1nc(-c2ccc(I)c(Cl)c2)[nH]c(=O)c1C(=O)O. The lowest BCUT2D eigenvalue weighted by molar-refractivity contribution is 0.0693. The fraction of sp³-hybridized carbons (Fsp3) is 0.0833. The van der Waals surface area contributed by atoms with E-state index in [1.54, 1.807) is 18.2 Å². The molecule has 2 N–H and O–H groups in total. The third-order valence-electron chi connectivity index (χ3n) is 2.51. The maximum Gasteiger partial charge on any atom is 0.343 e. The van der Waals surface area contributed by atoms with Crippen LogP contribution < -0.4 is 5.56 Å². The largest absolute Gasteiger partial charge is 0.477 e. The maximum absolute atomic E-state index is 11.7. The molecule has 0 aliphatic heterocycles. The van der Waals surface area contributed by atoms with E-state index >= 15 is 0 Å². The van der Waals surface area contributed by atoms with Gasteiger partial charge < -0.3 is 10.1 Å². The lowest BCUT2D eigenvalue weighted by Gasteiger charge is -2.05. The van der Waals surface area contributed by atoms with Crippen LogP contribution in [0.5, 0.6) is 0 Å². The number of nitrogens with zero attached hydrogens (tertiary/aromatic N) is 1. The molecule has 1 aromatic carbocycles. The zero-order valence-electron chi connectivity index (χ0n) is 9.70. The fourth-order valence-corrected chi connectivity index (χ4v) is 2.13. The van der Waals surface area contributed by atoms with Crippen LogP contribution in [0.2, 0.25) is 5.02 Å². The molecule has 1 heterocycles. The molecule has 2 aromatic rings. The van der Waals surface area contributed by atoms with Gasteiger partial charge in [-0.1, -0.05) is 17.7 Å². The fourth-order valence-electron chi connectivity index (χ4n) is 1.62. The number of benzene rings is 1. The zero-order valence-corrected chi connectivity index (χ0v) is 12.6. The second-order valence-electron chi connectivity index (χ2n) is 3.81. The molecular weight excluding hydrogens is 383 g/mol. The van der Waals surface area contributed by atoms with Gasteiger partial charge in [0, 0.05) is 9.13 Å². The number of hydrogen-bond donors (Lipinski definition) is 2. The quantitative estimate of drug-likeness (QED) is 0.773.